The molecule has 1 aliphatic heterocycles. The van der Waals surface area contributed by atoms with Crippen molar-refractivity contribution in [3.8, 4) is 11.5 Å². The Bertz CT molecular complexity index is 1450. The summed E-state index contributed by atoms with van der Waals surface area (Å²) < 4.78 is 12.2. The Labute approximate surface area is 234 Å². The summed E-state index contributed by atoms with van der Waals surface area (Å²) in [4.78, 5) is 39.3. The topological polar surface area (TPSA) is 84.9 Å². The molecule has 0 saturated carbocycles. The summed E-state index contributed by atoms with van der Waals surface area (Å²) in [5.74, 6) is 0.0453. The molecule has 1 saturated heterocycles. The lowest BCUT2D eigenvalue weighted by atomic mass is 10.1. The van der Waals surface area contributed by atoms with E-state index in [0.29, 0.717) is 33.8 Å². The molecule has 38 heavy (non-hydrogen) atoms. The van der Waals surface area contributed by atoms with Crippen molar-refractivity contribution in [2.75, 3.05) is 19.0 Å². The summed E-state index contributed by atoms with van der Waals surface area (Å²) in [6.07, 6.45) is 1.60. The highest BCUT2D eigenvalue weighted by Gasteiger charge is 2.36. The van der Waals surface area contributed by atoms with Crippen LogP contribution in [0.2, 0.25) is 0 Å². The van der Waals surface area contributed by atoms with E-state index in [9.17, 15) is 14.4 Å². The van der Waals surface area contributed by atoms with Crippen LogP contribution in [0.15, 0.2) is 64.0 Å². The number of benzene rings is 3. The summed E-state index contributed by atoms with van der Waals surface area (Å²) in [6, 6.07) is 17.1. The number of anilines is 1. The molecule has 1 N–H and O–H groups in total. The lowest BCUT2D eigenvalue weighted by Crippen LogP contribution is -2.36. The number of ether oxygens (including phenoxy) is 2. The number of aryl methyl sites for hydroxylation is 3. The number of hydrogen-bond donors (Lipinski definition) is 1. The number of carbonyl (C=O) groups is 3. The van der Waals surface area contributed by atoms with Crippen LogP contribution in [0.4, 0.5) is 10.5 Å². The Morgan fingerprint density at radius 2 is 1.82 bits per heavy atom. The minimum absolute atomic E-state index is 0.213. The summed E-state index contributed by atoms with van der Waals surface area (Å²) in [7, 11) is 1.54. The largest absolute Gasteiger partial charge is 0.493 e. The molecule has 0 aromatic heterocycles. The quantitative estimate of drug-likeness (QED) is 0.294. The molecule has 0 unspecified atom stereocenters. The van der Waals surface area contributed by atoms with Crippen molar-refractivity contribution in [2.24, 2.45) is 0 Å². The Kier molecular flexibility index (Phi) is 8.58. The highest BCUT2D eigenvalue weighted by atomic mass is 79.9. The van der Waals surface area contributed by atoms with E-state index in [2.05, 4.69) is 21.2 Å². The van der Waals surface area contributed by atoms with Crippen molar-refractivity contribution < 1.29 is 23.9 Å². The number of amides is 3. The van der Waals surface area contributed by atoms with Gasteiger partial charge in [-0.15, -0.1) is 0 Å². The van der Waals surface area contributed by atoms with Crippen molar-refractivity contribution in [3.05, 3.63) is 91.8 Å². The summed E-state index contributed by atoms with van der Waals surface area (Å²) >= 11 is 4.32. The number of rotatable bonds is 8. The molecule has 3 aromatic carbocycles. The Morgan fingerprint density at radius 3 is 2.53 bits per heavy atom. The van der Waals surface area contributed by atoms with Crippen molar-refractivity contribution in [2.45, 2.75) is 27.4 Å². The van der Waals surface area contributed by atoms with Gasteiger partial charge in [0.2, 0.25) is 5.91 Å². The first-order valence-electron chi connectivity index (χ1n) is 11.8. The molecule has 0 spiro atoms. The molecule has 4 rings (SSSR count). The lowest BCUT2D eigenvalue weighted by Gasteiger charge is -2.14. The predicted octanol–water partition coefficient (Wildman–Crippen LogP) is 6.64. The SMILES string of the molecule is COc1cc(/C=C2/SC(=O)N(CC(=O)Nc3ccc(C)c(C)c3)C2=O)c(Br)cc1OCc1cccc(C)c1. The first kappa shape index (κ1) is 27.5. The van der Waals surface area contributed by atoms with Gasteiger partial charge >= 0.3 is 0 Å². The van der Waals surface area contributed by atoms with Gasteiger partial charge in [-0.3, -0.25) is 19.3 Å². The number of carbonyl (C=O) groups excluding carboxylic acids is 3. The Morgan fingerprint density at radius 1 is 1.03 bits per heavy atom. The summed E-state index contributed by atoms with van der Waals surface area (Å²) in [5, 5.41) is 2.25. The fourth-order valence-corrected chi connectivity index (χ4v) is 5.10. The number of halogens is 1. The van der Waals surface area contributed by atoms with Gasteiger partial charge in [0.15, 0.2) is 11.5 Å². The standard InChI is InChI=1S/C29H27BrN2O5S/c1-17-6-5-7-20(10-17)16-37-25-14-23(30)21(12-24(25)36-4)13-26-28(34)32(29(35)38-26)15-27(33)31-22-9-8-18(2)19(3)11-22/h5-14H,15-16H2,1-4H3,(H,31,33)/b26-13+. The van der Waals surface area contributed by atoms with Crippen molar-refractivity contribution >= 4 is 56.5 Å². The maximum absolute atomic E-state index is 13.0. The number of hydrogen-bond acceptors (Lipinski definition) is 6. The molecule has 7 nitrogen and oxygen atoms in total. The zero-order valence-corrected chi connectivity index (χ0v) is 23.9. The van der Waals surface area contributed by atoms with Crippen LogP contribution in [0, 0.1) is 20.8 Å². The van der Waals surface area contributed by atoms with Gasteiger partial charge in [-0.05, 0) is 85.1 Å². The average Bonchev–Trinajstić information content (AvgIpc) is 3.13. The van der Waals surface area contributed by atoms with Gasteiger partial charge in [-0.2, -0.15) is 0 Å². The molecule has 196 valence electrons. The molecular formula is C29H27BrN2O5S. The number of imide groups is 1. The Balaban J connectivity index is 1.47. The zero-order chi connectivity index (χ0) is 27.4. The highest BCUT2D eigenvalue weighted by molar-refractivity contribution is 9.10. The second kappa shape index (κ2) is 11.9. The van der Waals surface area contributed by atoms with Gasteiger partial charge in [0.1, 0.15) is 13.2 Å². The van der Waals surface area contributed by atoms with Gasteiger partial charge in [-0.1, -0.05) is 51.8 Å². The van der Waals surface area contributed by atoms with Crippen molar-refractivity contribution in [1.82, 2.24) is 4.90 Å². The third kappa shape index (κ3) is 6.46. The van der Waals surface area contributed by atoms with E-state index in [1.807, 2.05) is 57.2 Å². The van der Waals surface area contributed by atoms with Crippen LogP contribution in [0.3, 0.4) is 0 Å². The maximum Gasteiger partial charge on any atom is 0.294 e. The van der Waals surface area contributed by atoms with Crippen LogP contribution in [-0.4, -0.2) is 35.6 Å². The number of nitrogens with zero attached hydrogens (tertiary/aromatic N) is 1. The minimum atomic E-state index is -0.527. The van der Waals surface area contributed by atoms with Crippen LogP contribution in [0.25, 0.3) is 6.08 Å². The molecule has 9 heteroatoms. The Hall–Kier alpha value is -3.56. The number of methoxy groups -OCH3 is 1. The van der Waals surface area contributed by atoms with Crippen LogP contribution >= 0.6 is 27.7 Å². The fourth-order valence-electron chi connectivity index (χ4n) is 3.84. The maximum atomic E-state index is 13.0. The van der Waals surface area contributed by atoms with E-state index in [4.69, 9.17) is 9.47 Å². The average molecular weight is 596 g/mol. The van der Waals surface area contributed by atoms with E-state index >= 15 is 0 Å². The second-order valence-electron chi connectivity index (χ2n) is 8.92. The van der Waals surface area contributed by atoms with E-state index in [1.165, 1.54) is 7.11 Å². The van der Waals surface area contributed by atoms with Gasteiger partial charge in [-0.25, -0.2) is 0 Å². The first-order valence-corrected chi connectivity index (χ1v) is 13.4. The minimum Gasteiger partial charge on any atom is -0.493 e. The van der Waals surface area contributed by atoms with E-state index in [1.54, 1.807) is 24.3 Å². The van der Waals surface area contributed by atoms with Gasteiger partial charge in [0.05, 0.1) is 12.0 Å². The monoisotopic (exact) mass is 594 g/mol. The highest BCUT2D eigenvalue weighted by Crippen LogP contribution is 2.38. The van der Waals surface area contributed by atoms with Crippen LogP contribution < -0.4 is 14.8 Å². The molecular weight excluding hydrogens is 568 g/mol. The van der Waals surface area contributed by atoms with E-state index in [0.717, 1.165) is 38.9 Å². The third-order valence-electron chi connectivity index (χ3n) is 6.01. The molecule has 1 aliphatic rings. The smallest absolute Gasteiger partial charge is 0.294 e. The summed E-state index contributed by atoms with van der Waals surface area (Å²) in [6.45, 7) is 5.95. The lowest BCUT2D eigenvalue weighted by molar-refractivity contribution is -0.127. The third-order valence-corrected chi connectivity index (χ3v) is 7.61. The molecule has 0 radical (unpaired) electrons. The van der Waals surface area contributed by atoms with Crippen molar-refractivity contribution in [3.63, 3.8) is 0 Å². The van der Waals surface area contributed by atoms with Gasteiger partial charge in [0, 0.05) is 10.2 Å². The molecule has 3 amide bonds. The molecule has 3 aromatic rings. The second-order valence-corrected chi connectivity index (χ2v) is 10.8. The molecule has 0 atom stereocenters. The van der Waals surface area contributed by atoms with Crippen LogP contribution in [0.1, 0.15) is 27.8 Å². The normalized spacial score (nSPS) is 14.2. The first-order chi connectivity index (χ1) is 18.1. The summed E-state index contributed by atoms with van der Waals surface area (Å²) in [5.41, 5.74) is 5.56. The van der Waals surface area contributed by atoms with Crippen LogP contribution in [0.5, 0.6) is 11.5 Å². The fraction of sp³-hybridized carbons (Fsp3) is 0.207. The molecule has 1 fully saturated rings. The number of thioether (sulfide) groups is 1. The zero-order valence-electron chi connectivity index (χ0n) is 21.5. The molecule has 1 heterocycles. The van der Waals surface area contributed by atoms with Gasteiger partial charge < -0.3 is 14.8 Å². The van der Waals surface area contributed by atoms with E-state index < -0.39 is 17.1 Å². The van der Waals surface area contributed by atoms with Crippen LogP contribution in [-0.2, 0) is 16.2 Å². The molecule has 0 bridgehead atoms. The van der Waals surface area contributed by atoms with Gasteiger partial charge in [0.25, 0.3) is 11.1 Å². The number of nitrogens with one attached hydrogen (secondary N) is 1. The predicted molar refractivity (Wildman–Crippen MR) is 153 cm³/mol. The van der Waals surface area contributed by atoms with E-state index in [-0.39, 0.29) is 11.4 Å². The van der Waals surface area contributed by atoms with Crippen molar-refractivity contribution in [1.29, 1.82) is 0 Å². The molecule has 0 aliphatic carbocycles.